The van der Waals surface area contributed by atoms with Gasteiger partial charge in [0.2, 0.25) is 5.91 Å². The van der Waals surface area contributed by atoms with E-state index < -0.39 is 0 Å². The maximum atomic E-state index is 12.1. The van der Waals surface area contributed by atoms with Gasteiger partial charge >= 0.3 is 0 Å². The Labute approximate surface area is 124 Å². The van der Waals surface area contributed by atoms with E-state index in [-0.39, 0.29) is 5.91 Å². The second-order valence-electron chi connectivity index (χ2n) is 5.05. The molecule has 4 heteroatoms. The zero-order valence-corrected chi connectivity index (χ0v) is 12.8. The van der Waals surface area contributed by atoms with Crippen molar-refractivity contribution in [2.45, 2.75) is 38.0 Å². The van der Waals surface area contributed by atoms with Crippen LogP contribution in [0.5, 0.6) is 0 Å². The first-order chi connectivity index (χ1) is 9.16. The van der Waals surface area contributed by atoms with Crippen molar-refractivity contribution in [2.24, 2.45) is 0 Å². The molecule has 1 amide bonds. The molecule has 0 radical (unpaired) electrons. The number of amides is 1. The van der Waals surface area contributed by atoms with E-state index in [1.54, 1.807) is 11.8 Å². The molecule has 1 aliphatic rings. The van der Waals surface area contributed by atoms with Gasteiger partial charge in [0.25, 0.3) is 0 Å². The molecule has 1 saturated heterocycles. The number of piperidine rings is 1. The number of carbonyl (C=O) groups excluding carboxylic acids is 1. The fourth-order valence-corrected chi connectivity index (χ4v) is 3.39. The lowest BCUT2D eigenvalue weighted by atomic mass is 10.0. The molecule has 104 valence electrons. The summed E-state index contributed by atoms with van der Waals surface area (Å²) >= 11 is 7.53. The highest BCUT2D eigenvalue weighted by atomic mass is 35.5. The van der Waals surface area contributed by atoms with Gasteiger partial charge in [-0.05, 0) is 43.9 Å². The van der Waals surface area contributed by atoms with Crippen molar-refractivity contribution in [1.29, 1.82) is 0 Å². The predicted molar refractivity (Wildman–Crippen MR) is 82.6 cm³/mol. The molecule has 2 nitrogen and oxygen atoms in total. The zero-order valence-electron chi connectivity index (χ0n) is 11.3. The minimum atomic E-state index is 0.283. The van der Waals surface area contributed by atoms with Gasteiger partial charge < -0.3 is 4.90 Å². The van der Waals surface area contributed by atoms with Crippen LogP contribution < -0.4 is 0 Å². The van der Waals surface area contributed by atoms with Crippen LogP contribution >= 0.6 is 23.4 Å². The summed E-state index contributed by atoms with van der Waals surface area (Å²) in [7, 11) is 0. The van der Waals surface area contributed by atoms with Gasteiger partial charge in [-0.2, -0.15) is 0 Å². The first-order valence-corrected chi connectivity index (χ1v) is 8.32. The van der Waals surface area contributed by atoms with Gasteiger partial charge in [-0.25, -0.2) is 0 Å². The quantitative estimate of drug-likeness (QED) is 0.838. The molecule has 1 fully saturated rings. The molecule has 0 N–H and O–H groups in total. The highest BCUT2D eigenvalue weighted by molar-refractivity contribution is 7.99. The number of benzene rings is 1. The molecule has 0 bridgehead atoms. The Morgan fingerprint density at radius 3 is 2.79 bits per heavy atom. The molecule has 1 aromatic rings. The molecular formula is C15H20ClNOS. The summed E-state index contributed by atoms with van der Waals surface area (Å²) in [5.74, 6) is 1.73. The van der Waals surface area contributed by atoms with Crippen molar-refractivity contribution >= 4 is 29.3 Å². The number of likely N-dealkylation sites (tertiary alicyclic amines) is 1. The van der Waals surface area contributed by atoms with Crippen LogP contribution in [0.4, 0.5) is 0 Å². The maximum Gasteiger partial charge on any atom is 0.232 e. The summed E-state index contributed by atoms with van der Waals surface area (Å²) in [6.07, 6.45) is 3.55. The molecule has 2 rings (SSSR count). The third-order valence-electron chi connectivity index (χ3n) is 3.53. The third-order valence-corrected chi connectivity index (χ3v) is 4.77. The molecule has 0 spiro atoms. The highest BCUT2D eigenvalue weighted by Gasteiger charge is 2.22. The van der Waals surface area contributed by atoms with Crippen LogP contribution in [0, 0.1) is 0 Å². The molecule has 0 aliphatic carbocycles. The van der Waals surface area contributed by atoms with E-state index in [0.29, 0.717) is 11.8 Å². The SMILES string of the molecule is C[C@H]1CCCCN1C(=O)CSCc1ccc(Cl)cc1. The smallest absolute Gasteiger partial charge is 0.232 e. The normalized spacial score (nSPS) is 19.5. The summed E-state index contributed by atoms with van der Waals surface area (Å²) in [5, 5.41) is 0.756. The van der Waals surface area contributed by atoms with Crippen LogP contribution in [0.15, 0.2) is 24.3 Å². The summed E-state index contributed by atoms with van der Waals surface area (Å²) in [5.41, 5.74) is 1.22. The van der Waals surface area contributed by atoms with E-state index in [9.17, 15) is 4.79 Å². The molecule has 0 unspecified atom stereocenters. The minimum absolute atomic E-state index is 0.283. The topological polar surface area (TPSA) is 20.3 Å². The van der Waals surface area contributed by atoms with Gasteiger partial charge in [-0.3, -0.25) is 4.79 Å². The summed E-state index contributed by atoms with van der Waals surface area (Å²) < 4.78 is 0. The van der Waals surface area contributed by atoms with Gasteiger partial charge in [-0.15, -0.1) is 11.8 Å². The van der Waals surface area contributed by atoms with Crippen molar-refractivity contribution < 1.29 is 4.79 Å². The van der Waals surface area contributed by atoms with E-state index >= 15 is 0 Å². The molecule has 1 aromatic carbocycles. The average Bonchev–Trinajstić information content (AvgIpc) is 2.41. The molecule has 19 heavy (non-hydrogen) atoms. The van der Waals surface area contributed by atoms with Crippen molar-refractivity contribution in [3.8, 4) is 0 Å². The van der Waals surface area contributed by atoms with Gasteiger partial charge in [0.05, 0.1) is 5.75 Å². The van der Waals surface area contributed by atoms with Crippen LogP contribution in [0.3, 0.4) is 0 Å². The van der Waals surface area contributed by atoms with E-state index in [1.807, 2.05) is 29.2 Å². The molecule has 1 atom stereocenters. The summed E-state index contributed by atoms with van der Waals surface area (Å²) in [6.45, 7) is 3.09. The Morgan fingerprint density at radius 1 is 1.37 bits per heavy atom. The standard InChI is InChI=1S/C15H20ClNOS/c1-12-4-2-3-9-17(12)15(18)11-19-10-13-5-7-14(16)8-6-13/h5-8,12H,2-4,9-11H2,1H3/t12-/m0/s1. The zero-order chi connectivity index (χ0) is 13.7. The number of carbonyl (C=O) groups is 1. The van der Waals surface area contributed by atoms with E-state index in [2.05, 4.69) is 6.92 Å². The first kappa shape index (κ1) is 14.7. The van der Waals surface area contributed by atoms with Gasteiger partial charge in [0.1, 0.15) is 0 Å². The second kappa shape index (κ2) is 7.20. The lowest BCUT2D eigenvalue weighted by Gasteiger charge is -2.33. The summed E-state index contributed by atoms with van der Waals surface area (Å²) in [4.78, 5) is 14.2. The Bertz CT molecular complexity index is 421. The van der Waals surface area contributed by atoms with Crippen LogP contribution in [0.25, 0.3) is 0 Å². The monoisotopic (exact) mass is 297 g/mol. The lowest BCUT2D eigenvalue weighted by molar-refractivity contribution is -0.131. The lowest BCUT2D eigenvalue weighted by Crippen LogP contribution is -2.42. The van der Waals surface area contributed by atoms with Crippen molar-refractivity contribution in [2.75, 3.05) is 12.3 Å². The van der Waals surface area contributed by atoms with Gasteiger partial charge in [0, 0.05) is 23.4 Å². The van der Waals surface area contributed by atoms with Crippen LogP contribution in [0.1, 0.15) is 31.7 Å². The van der Waals surface area contributed by atoms with Crippen molar-refractivity contribution in [3.05, 3.63) is 34.9 Å². The number of thioether (sulfide) groups is 1. The maximum absolute atomic E-state index is 12.1. The summed E-state index contributed by atoms with van der Waals surface area (Å²) in [6, 6.07) is 8.24. The second-order valence-corrected chi connectivity index (χ2v) is 6.47. The van der Waals surface area contributed by atoms with Crippen molar-refractivity contribution in [1.82, 2.24) is 4.90 Å². The Balaban J connectivity index is 1.75. The Morgan fingerprint density at radius 2 is 2.11 bits per heavy atom. The van der Waals surface area contributed by atoms with Crippen LogP contribution in [0.2, 0.25) is 5.02 Å². The predicted octanol–water partition coefficient (Wildman–Crippen LogP) is 3.97. The number of hydrogen-bond acceptors (Lipinski definition) is 2. The molecule has 1 heterocycles. The number of hydrogen-bond donors (Lipinski definition) is 0. The number of nitrogens with zero attached hydrogens (tertiary/aromatic N) is 1. The third kappa shape index (κ3) is 4.43. The molecular weight excluding hydrogens is 278 g/mol. The van der Waals surface area contributed by atoms with Gasteiger partial charge in [0.15, 0.2) is 0 Å². The van der Waals surface area contributed by atoms with E-state index in [4.69, 9.17) is 11.6 Å². The largest absolute Gasteiger partial charge is 0.339 e. The molecule has 0 aromatic heterocycles. The fraction of sp³-hybridized carbons (Fsp3) is 0.533. The van der Waals surface area contributed by atoms with Crippen LogP contribution in [-0.4, -0.2) is 29.1 Å². The Kier molecular flexibility index (Phi) is 5.59. The molecule has 1 aliphatic heterocycles. The minimum Gasteiger partial charge on any atom is -0.339 e. The van der Waals surface area contributed by atoms with Crippen LogP contribution in [-0.2, 0) is 10.5 Å². The van der Waals surface area contributed by atoms with E-state index in [1.165, 1.54) is 12.0 Å². The van der Waals surface area contributed by atoms with Gasteiger partial charge in [-0.1, -0.05) is 23.7 Å². The van der Waals surface area contributed by atoms with E-state index in [0.717, 1.165) is 30.2 Å². The average molecular weight is 298 g/mol. The number of halogens is 1. The fourth-order valence-electron chi connectivity index (χ4n) is 2.39. The highest BCUT2D eigenvalue weighted by Crippen LogP contribution is 2.20. The number of rotatable bonds is 4. The van der Waals surface area contributed by atoms with Crippen molar-refractivity contribution in [3.63, 3.8) is 0 Å². The first-order valence-electron chi connectivity index (χ1n) is 6.78. The molecule has 0 saturated carbocycles. The Hall–Kier alpha value is -0.670.